The Morgan fingerprint density at radius 3 is 1.24 bits per heavy atom. The molecule has 0 aromatic heterocycles. The maximum absolute atomic E-state index is 12.4. The van der Waals surface area contributed by atoms with Crippen LogP contribution < -0.4 is 16.4 Å². The highest BCUT2D eigenvalue weighted by atomic mass is 33.1. The van der Waals surface area contributed by atoms with Gasteiger partial charge in [-0.05, 0) is 25.8 Å². The Morgan fingerprint density at radius 1 is 0.571 bits per heavy atom. The fraction of sp³-hybridized carbons (Fsp3) is 0.871. The predicted octanol–water partition coefficient (Wildman–Crippen LogP) is 6.07. The van der Waals surface area contributed by atoms with Crippen molar-refractivity contribution >= 4 is 45.3 Å². The van der Waals surface area contributed by atoms with Crippen LogP contribution in [0.4, 0.5) is 0 Å². The first-order chi connectivity index (χ1) is 20.4. The van der Waals surface area contributed by atoms with E-state index in [1.807, 2.05) is 0 Å². The summed E-state index contributed by atoms with van der Waals surface area (Å²) >= 11 is 0. The molecule has 11 heteroatoms. The maximum atomic E-state index is 12.4. The quantitative estimate of drug-likeness (QED) is 0.0509. The number of hydrogen-bond acceptors (Lipinski definition) is 9. The molecule has 0 aliphatic carbocycles. The molecule has 0 aromatic rings. The summed E-state index contributed by atoms with van der Waals surface area (Å²) in [4.78, 5) is 49.3. The molecule has 2 amide bonds. The van der Waals surface area contributed by atoms with Crippen LogP contribution in [0.5, 0.6) is 0 Å². The first kappa shape index (κ1) is 40.5. The van der Waals surface area contributed by atoms with Gasteiger partial charge in [-0.2, -0.15) is 0 Å². The van der Waals surface area contributed by atoms with E-state index in [1.165, 1.54) is 93.6 Å². The number of unbranched alkanes of at least 4 members (excludes halogenated alkanes) is 15. The topological polar surface area (TPSA) is 137 Å². The zero-order valence-electron chi connectivity index (χ0n) is 26.6. The van der Waals surface area contributed by atoms with Gasteiger partial charge in [-0.1, -0.05) is 118 Å². The van der Waals surface area contributed by atoms with Gasteiger partial charge in [0.1, 0.15) is 12.1 Å². The average molecular weight is 634 g/mol. The number of hydrogen-bond donors (Lipinski definition) is 3. The van der Waals surface area contributed by atoms with E-state index in [9.17, 15) is 19.2 Å². The fourth-order valence-electron chi connectivity index (χ4n) is 4.47. The SMILES string of the molecule is CCCCCCCCCCCC(=O)NC(CSSCC(NC(=O)CCCCCCCCCCN)C(=O)OC)C(=O)OC. The molecule has 0 fully saturated rings. The van der Waals surface area contributed by atoms with Gasteiger partial charge < -0.3 is 25.8 Å². The van der Waals surface area contributed by atoms with Crippen LogP contribution in [0.1, 0.15) is 129 Å². The third kappa shape index (κ3) is 24.0. The molecule has 0 saturated heterocycles. The predicted molar refractivity (Wildman–Crippen MR) is 175 cm³/mol. The highest BCUT2D eigenvalue weighted by Crippen LogP contribution is 2.24. The van der Waals surface area contributed by atoms with Crippen LogP contribution in [0.25, 0.3) is 0 Å². The van der Waals surface area contributed by atoms with Crippen molar-refractivity contribution in [2.75, 3.05) is 32.3 Å². The van der Waals surface area contributed by atoms with Gasteiger partial charge in [0.05, 0.1) is 14.2 Å². The minimum absolute atomic E-state index is 0.162. The monoisotopic (exact) mass is 633 g/mol. The zero-order valence-corrected chi connectivity index (χ0v) is 28.2. The lowest BCUT2D eigenvalue weighted by Gasteiger charge is -2.18. The van der Waals surface area contributed by atoms with Crippen molar-refractivity contribution in [3.8, 4) is 0 Å². The van der Waals surface area contributed by atoms with Gasteiger partial charge in [0, 0.05) is 24.3 Å². The summed E-state index contributed by atoms with van der Waals surface area (Å²) in [5, 5.41) is 5.56. The van der Waals surface area contributed by atoms with E-state index in [4.69, 9.17) is 15.2 Å². The molecular formula is C31H59N3O6S2. The summed E-state index contributed by atoms with van der Waals surface area (Å²) in [5.74, 6) is -0.772. The number of rotatable bonds is 29. The molecular weight excluding hydrogens is 574 g/mol. The Balaban J connectivity index is 4.29. The van der Waals surface area contributed by atoms with Gasteiger partial charge in [-0.25, -0.2) is 9.59 Å². The van der Waals surface area contributed by atoms with E-state index in [2.05, 4.69) is 17.6 Å². The molecule has 0 saturated carbocycles. The standard InChI is InChI=1S/C31H59N3O6S2/c1-4-5-6-7-8-9-12-15-18-21-28(35)33-26(30(37)39-2)24-41-42-25-27(31(38)40-3)34-29(36)22-19-16-13-10-11-14-17-20-23-32/h26-27H,4-25,32H2,1-3H3,(H,33,35)(H,34,36). The lowest BCUT2D eigenvalue weighted by Crippen LogP contribution is -2.44. The van der Waals surface area contributed by atoms with Gasteiger partial charge >= 0.3 is 11.9 Å². The van der Waals surface area contributed by atoms with E-state index in [0.717, 1.165) is 57.9 Å². The summed E-state index contributed by atoms with van der Waals surface area (Å²) in [7, 11) is 5.28. The van der Waals surface area contributed by atoms with Crippen LogP contribution in [-0.2, 0) is 28.7 Å². The van der Waals surface area contributed by atoms with Crippen LogP contribution in [0.3, 0.4) is 0 Å². The molecule has 0 aliphatic heterocycles. The molecule has 0 aliphatic rings. The van der Waals surface area contributed by atoms with Crippen LogP contribution in [0.2, 0.25) is 0 Å². The summed E-state index contributed by atoms with van der Waals surface area (Å²) in [6, 6.07) is -1.55. The number of carbonyl (C=O) groups is 4. The van der Waals surface area contributed by atoms with Crippen molar-refractivity contribution in [1.29, 1.82) is 0 Å². The van der Waals surface area contributed by atoms with Gasteiger partial charge in [-0.3, -0.25) is 9.59 Å². The van der Waals surface area contributed by atoms with Crippen molar-refractivity contribution in [1.82, 2.24) is 10.6 Å². The van der Waals surface area contributed by atoms with Crippen molar-refractivity contribution in [3.63, 3.8) is 0 Å². The van der Waals surface area contributed by atoms with Crippen molar-refractivity contribution < 1.29 is 28.7 Å². The number of amides is 2. The molecule has 42 heavy (non-hydrogen) atoms. The first-order valence-electron chi connectivity index (χ1n) is 16.1. The van der Waals surface area contributed by atoms with Gasteiger partial charge in [0.25, 0.3) is 0 Å². The van der Waals surface area contributed by atoms with Crippen molar-refractivity contribution in [2.24, 2.45) is 5.73 Å². The Hall–Kier alpha value is -1.46. The largest absolute Gasteiger partial charge is 0.467 e. The van der Waals surface area contributed by atoms with Gasteiger partial charge in [0.15, 0.2) is 0 Å². The summed E-state index contributed by atoms with van der Waals surface area (Å²) in [6.45, 7) is 2.97. The van der Waals surface area contributed by atoms with Crippen molar-refractivity contribution in [3.05, 3.63) is 0 Å². The Kier molecular flexibility index (Phi) is 28.6. The van der Waals surface area contributed by atoms with Crippen molar-refractivity contribution in [2.45, 2.75) is 141 Å². The smallest absolute Gasteiger partial charge is 0.329 e. The van der Waals surface area contributed by atoms with Gasteiger partial charge in [0.2, 0.25) is 11.8 Å². The van der Waals surface area contributed by atoms with E-state index >= 15 is 0 Å². The normalized spacial score (nSPS) is 12.4. The minimum Gasteiger partial charge on any atom is -0.467 e. The number of ether oxygens (including phenoxy) is 2. The molecule has 0 rings (SSSR count). The Labute approximate surface area is 263 Å². The van der Waals surface area contributed by atoms with Crippen LogP contribution in [-0.4, -0.2) is 68.1 Å². The second-order valence-electron chi connectivity index (χ2n) is 10.8. The Morgan fingerprint density at radius 2 is 0.905 bits per heavy atom. The molecule has 0 heterocycles. The lowest BCUT2D eigenvalue weighted by atomic mass is 10.1. The molecule has 0 bridgehead atoms. The number of methoxy groups -OCH3 is 2. The summed E-state index contributed by atoms with van der Waals surface area (Å²) in [6.07, 6.45) is 20.0. The van der Waals surface area contributed by atoms with E-state index < -0.39 is 24.0 Å². The lowest BCUT2D eigenvalue weighted by molar-refractivity contribution is -0.144. The molecule has 4 N–H and O–H groups in total. The second-order valence-corrected chi connectivity index (χ2v) is 13.4. The molecule has 2 unspecified atom stereocenters. The summed E-state index contributed by atoms with van der Waals surface area (Å²) in [5.41, 5.74) is 5.51. The third-order valence-electron chi connectivity index (χ3n) is 7.06. The van der Waals surface area contributed by atoms with Crippen LogP contribution in [0.15, 0.2) is 0 Å². The third-order valence-corrected chi connectivity index (χ3v) is 9.48. The number of nitrogens with two attached hydrogens (primary N) is 1. The fourth-order valence-corrected chi connectivity index (χ4v) is 6.77. The highest BCUT2D eigenvalue weighted by Gasteiger charge is 2.24. The Bertz CT molecular complexity index is 656. The number of esters is 2. The van der Waals surface area contributed by atoms with E-state index in [-0.39, 0.29) is 23.3 Å². The van der Waals surface area contributed by atoms with E-state index in [1.54, 1.807) is 0 Å². The molecule has 2 atom stereocenters. The zero-order chi connectivity index (χ0) is 31.3. The minimum atomic E-state index is -0.777. The summed E-state index contributed by atoms with van der Waals surface area (Å²) < 4.78 is 9.74. The van der Waals surface area contributed by atoms with Gasteiger partial charge in [-0.15, -0.1) is 0 Å². The molecule has 9 nitrogen and oxygen atoms in total. The van der Waals surface area contributed by atoms with E-state index in [0.29, 0.717) is 12.8 Å². The first-order valence-corrected chi connectivity index (χ1v) is 18.6. The maximum Gasteiger partial charge on any atom is 0.329 e. The average Bonchev–Trinajstić information content (AvgIpc) is 2.99. The molecule has 0 aromatic carbocycles. The number of nitrogens with one attached hydrogen (secondary N) is 2. The second kappa shape index (κ2) is 29.6. The highest BCUT2D eigenvalue weighted by molar-refractivity contribution is 8.76. The molecule has 0 radical (unpaired) electrons. The number of carbonyl (C=O) groups excluding carboxylic acids is 4. The van der Waals surface area contributed by atoms with Crippen LogP contribution in [0, 0.1) is 0 Å². The molecule has 246 valence electrons. The van der Waals surface area contributed by atoms with Crippen LogP contribution >= 0.6 is 21.6 Å². The molecule has 0 spiro atoms.